The van der Waals surface area contributed by atoms with Gasteiger partial charge in [-0.1, -0.05) is 59.8 Å². The van der Waals surface area contributed by atoms with E-state index in [0.29, 0.717) is 12.3 Å². The average Bonchev–Trinajstić information content (AvgIpc) is 2.98. The smallest absolute Gasteiger partial charge is 0.325 e. The molecule has 2 atom stereocenters. The molecule has 1 aromatic rings. The van der Waals surface area contributed by atoms with Crippen LogP contribution in [0, 0.1) is 0 Å². The number of amidine groups is 1. The van der Waals surface area contributed by atoms with Gasteiger partial charge in [0.1, 0.15) is 0 Å². The Morgan fingerprint density at radius 2 is 2.08 bits per heavy atom. The number of nitrogens with zero attached hydrogens (tertiary/aromatic N) is 3. The highest BCUT2D eigenvalue weighted by Gasteiger charge is 2.48. The molecule has 26 heavy (non-hydrogen) atoms. The molecule has 1 fully saturated rings. The fraction of sp³-hybridized carbons (Fsp3) is 0.389. The molecule has 3 amide bonds. The molecule has 8 heteroatoms. The topological polar surface area (TPSA) is 65.0 Å². The minimum atomic E-state index is -0.495. The second-order valence-corrected chi connectivity index (χ2v) is 7.79. The maximum Gasteiger partial charge on any atom is 0.325 e. The molecule has 1 saturated heterocycles. The molecule has 0 spiro atoms. The third-order valence-electron chi connectivity index (χ3n) is 4.38. The van der Waals surface area contributed by atoms with Crippen LogP contribution in [0.1, 0.15) is 12.5 Å². The van der Waals surface area contributed by atoms with Gasteiger partial charge < -0.3 is 9.80 Å². The van der Waals surface area contributed by atoms with Crippen LogP contribution in [-0.2, 0) is 11.2 Å². The molecule has 0 saturated carbocycles. The number of aliphatic imine (C=N–C) groups is 1. The Hall–Kier alpha value is -1.99. The molecular formula is C18H21ClN4O2S. The SMILES string of the molecule is C/C(Cl)=C/CSC1=NC2C(C(=O)NC(=O)N2C)N1CCc1ccccc1. The van der Waals surface area contributed by atoms with E-state index in [0.717, 1.165) is 16.6 Å². The first-order valence-electron chi connectivity index (χ1n) is 8.38. The standard InChI is InChI=1S/C18H21ClN4O2S/c1-12(19)9-11-26-18-20-15-14(16(24)21-17(25)22(15)2)23(18)10-8-13-6-4-3-5-7-13/h3-7,9,14-15H,8,10-11H2,1-2H3,(H,21,24,25)/b12-9-. The van der Waals surface area contributed by atoms with Gasteiger partial charge in [-0.3, -0.25) is 10.1 Å². The van der Waals surface area contributed by atoms with Gasteiger partial charge in [-0.25, -0.2) is 9.79 Å². The van der Waals surface area contributed by atoms with Gasteiger partial charge in [0, 0.05) is 24.4 Å². The zero-order chi connectivity index (χ0) is 18.7. The van der Waals surface area contributed by atoms with Gasteiger partial charge >= 0.3 is 6.03 Å². The van der Waals surface area contributed by atoms with Gasteiger partial charge in [0.15, 0.2) is 17.4 Å². The van der Waals surface area contributed by atoms with E-state index in [-0.39, 0.29) is 5.91 Å². The molecule has 2 heterocycles. The van der Waals surface area contributed by atoms with Gasteiger partial charge in [-0.05, 0) is 18.9 Å². The Labute approximate surface area is 162 Å². The maximum atomic E-state index is 12.5. The number of likely N-dealkylation sites (N-methyl/N-ethyl adjacent to an activating group) is 1. The number of hydrogen-bond donors (Lipinski definition) is 1. The fourth-order valence-corrected chi connectivity index (χ4v) is 4.19. The molecule has 2 aliphatic rings. The Morgan fingerprint density at radius 1 is 1.35 bits per heavy atom. The number of nitrogens with one attached hydrogen (secondary N) is 1. The van der Waals surface area contributed by atoms with E-state index >= 15 is 0 Å². The van der Waals surface area contributed by atoms with Crippen LogP contribution in [0.15, 0.2) is 46.4 Å². The van der Waals surface area contributed by atoms with Crippen molar-refractivity contribution in [1.82, 2.24) is 15.1 Å². The number of halogens is 1. The first kappa shape index (κ1) is 18.8. The quantitative estimate of drug-likeness (QED) is 0.836. The monoisotopic (exact) mass is 392 g/mol. The van der Waals surface area contributed by atoms with E-state index in [2.05, 4.69) is 22.4 Å². The molecule has 138 valence electrons. The molecule has 0 radical (unpaired) electrons. The first-order chi connectivity index (χ1) is 12.5. The lowest BCUT2D eigenvalue weighted by Crippen LogP contribution is -2.63. The Morgan fingerprint density at radius 3 is 2.77 bits per heavy atom. The number of hydrogen-bond acceptors (Lipinski definition) is 5. The lowest BCUT2D eigenvalue weighted by molar-refractivity contribution is -0.127. The number of rotatable bonds is 5. The van der Waals surface area contributed by atoms with Crippen LogP contribution < -0.4 is 5.32 Å². The Balaban J connectivity index is 1.79. The number of imide groups is 1. The zero-order valence-electron chi connectivity index (χ0n) is 14.7. The summed E-state index contributed by atoms with van der Waals surface area (Å²) in [5, 5.41) is 3.90. The van der Waals surface area contributed by atoms with Crippen LogP contribution in [0.5, 0.6) is 0 Å². The van der Waals surface area contributed by atoms with Crippen LogP contribution in [0.25, 0.3) is 0 Å². The normalized spacial score (nSPS) is 23.0. The van der Waals surface area contributed by atoms with Gasteiger partial charge in [0.05, 0.1) is 0 Å². The van der Waals surface area contributed by atoms with Crippen molar-refractivity contribution in [2.75, 3.05) is 19.3 Å². The summed E-state index contributed by atoms with van der Waals surface area (Å²) in [6, 6.07) is 9.20. The number of carbonyl (C=O) groups is 2. The van der Waals surface area contributed by atoms with Gasteiger partial charge in [-0.2, -0.15) is 0 Å². The number of benzene rings is 1. The van der Waals surface area contributed by atoms with Crippen molar-refractivity contribution >= 4 is 40.5 Å². The van der Waals surface area contributed by atoms with Crippen LogP contribution in [0.4, 0.5) is 4.79 Å². The average molecular weight is 393 g/mol. The minimum absolute atomic E-state index is 0.297. The summed E-state index contributed by atoms with van der Waals surface area (Å²) in [6.07, 6.45) is 2.20. The van der Waals surface area contributed by atoms with Crippen molar-refractivity contribution in [3.63, 3.8) is 0 Å². The molecule has 0 bridgehead atoms. The lowest BCUT2D eigenvalue weighted by atomic mass is 10.1. The molecule has 2 unspecified atom stereocenters. The first-order valence-corrected chi connectivity index (χ1v) is 9.75. The van der Waals surface area contributed by atoms with Gasteiger partial charge in [0.25, 0.3) is 5.91 Å². The fourth-order valence-electron chi connectivity index (χ4n) is 2.98. The third kappa shape index (κ3) is 4.04. The second kappa shape index (κ2) is 8.14. The summed E-state index contributed by atoms with van der Waals surface area (Å²) in [5.74, 6) is 0.365. The summed E-state index contributed by atoms with van der Waals surface area (Å²) in [7, 11) is 1.66. The minimum Gasteiger partial charge on any atom is -0.335 e. The van der Waals surface area contributed by atoms with Gasteiger partial charge in [-0.15, -0.1) is 0 Å². The number of fused-ring (bicyclic) bond motifs is 1. The third-order valence-corrected chi connectivity index (χ3v) is 5.47. The van der Waals surface area contributed by atoms with Crippen LogP contribution >= 0.6 is 23.4 Å². The van der Waals surface area contributed by atoms with E-state index in [1.165, 1.54) is 22.2 Å². The molecule has 1 aromatic carbocycles. The Bertz CT molecular complexity index is 749. The maximum absolute atomic E-state index is 12.5. The number of thioether (sulfide) groups is 1. The molecule has 1 N–H and O–H groups in total. The number of urea groups is 1. The summed E-state index contributed by atoms with van der Waals surface area (Å²) < 4.78 is 0. The van der Waals surface area contributed by atoms with Gasteiger partial charge in [0.2, 0.25) is 0 Å². The number of carbonyl (C=O) groups excluding carboxylic acids is 2. The largest absolute Gasteiger partial charge is 0.335 e. The molecular weight excluding hydrogens is 372 g/mol. The predicted molar refractivity (Wildman–Crippen MR) is 105 cm³/mol. The van der Waals surface area contributed by atoms with Crippen LogP contribution in [0.3, 0.4) is 0 Å². The van der Waals surface area contributed by atoms with Crippen LogP contribution in [-0.4, -0.2) is 58.5 Å². The van der Waals surface area contributed by atoms with Crippen molar-refractivity contribution in [2.24, 2.45) is 4.99 Å². The van der Waals surface area contributed by atoms with E-state index in [4.69, 9.17) is 11.6 Å². The van der Waals surface area contributed by atoms with Crippen molar-refractivity contribution in [3.8, 4) is 0 Å². The summed E-state index contributed by atoms with van der Waals surface area (Å²) in [5.41, 5.74) is 1.19. The lowest BCUT2D eigenvalue weighted by Gasteiger charge is -2.36. The summed E-state index contributed by atoms with van der Waals surface area (Å²) in [6.45, 7) is 2.47. The highest BCUT2D eigenvalue weighted by atomic mass is 35.5. The molecule has 0 aliphatic carbocycles. The molecule has 0 aromatic heterocycles. The van der Waals surface area contributed by atoms with E-state index in [9.17, 15) is 9.59 Å². The number of allylic oxidation sites excluding steroid dienone is 1. The van der Waals surface area contributed by atoms with E-state index in [1.807, 2.05) is 36.1 Å². The highest BCUT2D eigenvalue weighted by molar-refractivity contribution is 8.13. The Kier molecular flexibility index (Phi) is 5.88. The number of amides is 3. The van der Waals surface area contributed by atoms with E-state index < -0.39 is 18.2 Å². The van der Waals surface area contributed by atoms with Crippen molar-refractivity contribution in [2.45, 2.75) is 25.6 Å². The van der Waals surface area contributed by atoms with Crippen molar-refractivity contribution < 1.29 is 9.59 Å². The molecule has 2 aliphatic heterocycles. The predicted octanol–water partition coefficient (Wildman–Crippen LogP) is 2.65. The summed E-state index contributed by atoms with van der Waals surface area (Å²) in [4.78, 5) is 32.5. The van der Waals surface area contributed by atoms with Crippen molar-refractivity contribution in [3.05, 3.63) is 47.0 Å². The van der Waals surface area contributed by atoms with Crippen LogP contribution in [0.2, 0.25) is 0 Å². The zero-order valence-corrected chi connectivity index (χ0v) is 16.3. The second-order valence-electron chi connectivity index (χ2n) is 6.21. The van der Waals surface area contributed by atoms with E-state index in [1.54, 1.807) is 7.05 Å². The summed E-state index contributed by atoms with van der Waals surface area (Å²) >= 11 is 7.43. The highest BCUT2D eigenvalue weighted by Crippen LogP contribution is 2.29. The molecule has 6 nitrogen and oxygen atoms in total. The van der Waals surface area contributed by atoms with Crippen molar-refractivity contribution in [1.29, 1.82) is 0 Å². The molecule has 3 rings (SSSR count).